The van der Waals surface area contributed by atoms with E-state index in [9.17, 15) is 0 Å². The van der Waals surface area contributed by atoms with Crippen LogP contribution in [0.5, 0.6) is 0 Å². The van der Waals surface area contributed by atoms with E-state index in [1.54, 1.807) is 0 Å². The van der Waals surface area contributed by atoms with Crippen molar-refractivity contribution in [3.63, 3.8) is 0 Å². The van der Waals surface area contributed by atoms with Crippen LogP contribution in [-0.4, -0.2) is 5.38 Å². The molecule has 0 aromatic rings. The van der Waals surface area contributed by atoms with Crippen LogP contribution in [0.15, 0.2) is 0 Å². The first kappa shape index (κ1) is 13.3. The van der Waals surface area contributed by atoms with Crippen molar-refractivity contribution in [2.75, 3.05) is 0 Å². The lowest BCUT2D eigenvalue weighted by Crippen LogP contribution is -1.97. The predicted octanol–water partition coefficient (Wildman–Crippen LogP) is 5.00. The van der Waals surface area contributed by atoms with E-state index in [2.05, 4.69) is 20.8 Å². The summed E-state index contributed by atoms with van der Waals surface area (Å²) in [5.41, 5.74) is 0. The van der Waals surface area contributed by atoms with Crippen molar-refractivity contribution in [3.05, 3.63) is 0 Å². The second kappa shape index (κ2) is 8.87. The fourth-order valence-electron chi connectivity index (χ4n) is 1.55. The van der Waals surface area contributed by atoms with Gasteiger partial charge in [-0.2, -0.15) is 0 Å². The first-order valence-electron chi connectivity index (χ1n) is 5.80. The maximum Gasteiger partial charge on any atom is 0.0336 e. The fourth-order valence-corrected chi connectivity index (χ4v) is 1.93. The largest absolute Gasteiger partial charge is 0.123 e. The fraction of sp³-hybridized carbons (Fsp3) is 1.00. The molecule has 13 heavy (non-hydrogen) atoms. The second-order valence-electron chi connectivity index (χ2n) is 4.42. The zero-order chi connectivity index (χ0) is 10.1. The van der Waals surface area contributed by atoms with Crippen LogP contribution < -0.4 is 0 Å². The Labute approximate surface area is 89.1 Å². The predicted molar refractivity (Wildman–Crippen MR) is 62.5 cm³/mol. The van der Waals surface area contributed by atoms with Crippen LogP contribution in [0.4, 0.5) is 0 Å². The minimum absolute atomic E-state index is 0.434. The lowest BCUT2D eigenvalue weighted by atomic mass is 10.0. The lowest BCUT2D eigenvalue weighted by Gasteiger charge is -2.08. The molecule has 1 atom stereocenters. The third kappa shape index (κ3) is 10.2. The Morgan fingerprint density at radius 2 is 1.54 bits per heavy atom. The summed E-state index contributed by atoms with van der Waals surface area (Å²) >= 11 is 6.12. The molecular formula is C12H25Cl. The number of alkyl halides is 1. The first-order chi connectivity index (χ1) is 6.16. The van der Waals surface area contributed by atoms with Crippen LogP contribution in [0.2, 0.25) is 0 Å². The maximum absolute atomic E-state index is 6.12. The van der Waals surface area contributed by atoms with Gasteiger partial charge >= 0.3 is 0 Å². The molecule has 0 aliphatic heterocycles. The molecule has 0 bridgehead atoms. The normalized spacial score (nSPS) is 13.6. The summed E-state index contributed by atoms with van der Waals surface area (Å²) in [5, 5.41) is 0.434. The van der Waals surface area contributed by atoms with E-state index < -0.39 is 0 Å². The number of unbranched alkanes of at least 4 members (excludes halogenated alkanes) is 2. The standard InChI is InChI=1S/C12H25Cl/c1-4-8-12(13)10-7-5-6-9-11(2)3/h11-12H,4-10H2,1-3H3. The first-order valence-corrected chi connectivity index (χ1v) is 6.24. The molecule has 0 spiro atoms. The van der Waals surface area contributed by atoms with E-state index >= 15 is 0 Å². The Morgan fingerprint density at radius 1 is 0.923 bits per heavy atom. The molecule has 0 rings (SSSR count). The van der Waals surface area contributed by atoms with E-state index in [0.717, 1.165) is 5.92 Å². The maximum atomic E-state index is 6.12. The van der Waals surface area contributed by atoms with Crippen LogP contribution in [0.3, 0.4) is 0 Å². The van der Waals surface area contributed by atoms with Gasteiger partial charge in [-0.05, 0) is 18.8 Å². The molecule has 0 N–H and O–H groups in total. The van der Waals surface area contributed by atoms with Crippen LogP contribution in [0, 0.1) is 5.92 Å². The van der Waals surface area contributed by atoms with Crippen LogP contribution in [0.1, 0.15) is 65.7 Å². The Hall–Kier alpha value is 0.290. The molecule has 0 aromatic heterocycles. The summed E-state index contributed by atoms with van der Waals surface area (Å²) in [6, 6.07) is 0. The van der Waals surface area contributed by atoms with Gasteiger partial charge in [0.05, 0.1) is 0 Å². The van der Waals surface area contributed by atoms with E-state index in [0.29, 0.717) is 5.38 Å². The quantitative estimate of drug-likeness (QED) is 0.386. The summed E-state index contributed by atoms with van der Waals surface area (Å²) in [5.74, 6) is 0.863. The Morgan fingerprint density at radius 3 is 2.08 bits per heavy atom. The average Bonchev–Trinajstić information content (AvgIpc) is 2.03. The monoisotopic (exact) mass is 204 g/mol. The van der Waals surface area contributed by atoms with Crippen molar-refractivity contribution in [2.45, 2.75) is 71.1 Å². The van der Waals surface area contributed by atoms with Gasteiger partial charge in [-0.25, -0.2) is 0 Å². The molecular weight excluding hydrogens is 180 g/mol. The molecule has 0 fully saturated rings. The molecule has 80 valence electrons. The Bertz CT molecular complexity index is 99.3. The van der Waals surface area contributed by atoms with Gasteiger partial charge in [-0.1, -0.05) is 52.9 Å². The van der Waals surface area contributed by atoms with Gasteiger partial charge in [0.2, 0.25) is 0 Å². The molecule has 0 aromatic carbocycles. The Balaban J connectivity index is 3.06. The third-order valence-corrected chi connectivity index (χ3v) is 2.84. The van der Waals surface area contributed by atoms with E-state index in [4.69, 9.17) is 11.6 Å². The van der Waals surface area contributed by atoms with E-state index in [1.165, 1.54) is 44.9 Å². The van der Waals surface area contributed by atoms with Gasteiger partial charge in [0.1, 0.15) is 0 Å². The highest BCUT2D eigenvalue weighted by atomic mass is 35.5. The molecule has 0 heterocycles. The van der Waals surface area contributed by atoms with Crippen molar-refractivity contribution in [3.8, 4) is 0 Å². The molecule has 0 amide bonds. The van der Waals surface area contributed by atoms with Gasteiger partial charge in [0, 0.05) is 5.38 Å². The molecule has 0 aliphatic rings. The highest BCUT2D eigenvalue weighted by Crippen LogP contribution is 2.15. The highest BCUT2D eigenvalue weighted by Gasteiger charge is 2.02. The minimum Gasteiger partial charge on any atom is -0.123 e. The smallest absolute Gasteiger partial charge is 0.0336 e. The Kier molecular flexibility index (Phi) is 9.07. The summed E-state index contributed by atoms with van der Waals surface area (Å²) in [7, 11) is 0. The molecule has 1 unspecified atom stereocenters. The van der Waals surface area contributed by atoms with E-state index in [1.807, 2.05) is 0 Å². The van der Waals surface area contributed by atoms with Gasteiger partial charge in [0.25, 0.3) is 0 Å². The van der Waals surface area contributed by atoms with Crippen LogP contribution in [-0.2, 0) is 0 Å². The molecule has 0 nitrogen and oxygen atoms in total. The van der Waals surface area contributed by atoms with Crippen molar-refractivity contribution < 1.29 is 0 Å². The number of hydrogen-bond acceptors (Lipinski definition) is 0. The summed E-state index contributed by atoms with van der Waals surface area (Å²) in [6.07, 6.45) is 9.07. The summed E-state index contributed by atoms with van der Waals surface area (Å²) in [6.45, 7) is 6.79. The number of halogens is 1. The topological polar surface area (TPSA) is 0 Å². The minimum atomic E-state index is 0.434. The molecule has 1 heteroatoms. The molecule has 0 saturated heterocycles. The van der Waals surface area contributed by atoms with Crippen LogP contribution >= 0.6 is 11.6 Å². The average molecular weight is 205 g/mol. The van der Waals surface area contributed by atoms with Gasteiger partial charge in [-0.3, -0.25) is 0 Å². The zero-order valence-corrected chi connectivity index (χ0v) is 10.2. The van der Waals surface area contributed by atoms with Crippen molar-refractivity contribution in [2.24, 2.45) is 5.92 Å². The SMILES string of the molecule is CCCC(Cl)CCCCCC(C)C. The molecule has 0 saturated carbocycles. The number of hydrogen-bond donors (Lipinski definition) is 0. The van der Waals surface area contributed by atoms with E-state index in [-0.39, 0.29) is 0 Å². The highest BCUT2D eigenvalue weighted by molar-refractivity contribution is 6.20. The molecule has 0 radical (unpaired) electrons. The molecule has 0 aliphatic carbocycles. The zero-order valence-electron chi connectivity index (χ0n) is 9.48. The van der Waals surface area contributed by atoms with Gasteiger partial charge in [-0.15, -0.1) is 11.6 Å². The van der Waals surface area contributed by atoms with Gasteiger partial charge in [0.15, 0.2) is 0 Å². The number of rotatable bonds is 8. The van der Waals surface area contributed by atoms with Crippen molar-refractivity contribution in [1.29, 1.82) is 0 Å². The summed E-state index contributed by atoms with van der Waals surface area (Å²) < 4.78 is 0. The van der Waals surface area contributed by atoms with Crippen molar-refractivity contribution in [1.82, 2.24) is 0 Å². The van der Waals surface area contributed by atoms with Crippen LogP contribution in [0.25, 0.3) is 0 Å². The lowest BCUT2D eigenvalue weighted by molar-refractivity contribution is 0.512. The summed E-state index contributed by atoms with van der Waals surface area (Å²) in [4.78, 5) is 0. The third-order valence-electron chi connectivity index (χ3n) is 2.40. The second-order valence-corrected chi connectivity index (χ2v) is 5.04. The van der Waals surface area contributed by atoms with Gasteiger partial charge < -0.3 is 0 Å². The van der Waals surface area contributed by atoms with Crippen molar-refractivity contribution >= 4 is 11.6 Å².